The fraction of sp³-hybridized carbons (Fsp3) is 0.647. The van der Waals surface area contributed by atoms with Gasteiger partial charge in [-0.15, -0.1) is 0 Å². The number of ether oxygens (including phenoxy) is 2. The van der Waals surface area contributed by atoms with Crippen LogP contribution in [0.2, 0.25) is 0 Å². The summed E-state index contributed by atoms with van der Waals surface area (Å²) in [5.74, 6) is 1.36. The zero-order chi connectivity index (χ0) is 14.9. The normalized spacial score (nSPS) is 26.0. The maximum absolute atomic E-state index is 6.60. The lowest BCUT2D eigenvalue weighted by atomic mass is 9.79. The molecular formula is C17H24BrNO2. The summed E-state index contributed by atoms with van der Waals surface area (Å²) in [6, 6.07) is 6.15. The highest BCUT2D eigenvalue weighted by Crippen LogP contribution is 2.45. The zero-order valence-electron chi connectivity index (χ0n) is 12.6. The monoisotopic (exact) mass is 353 g/mol. The molecular weight excluding hydrogens is 330 g/mol. The third-order valence-corrected chi connectivity index (χ3v) is 5.60. The second-order valence-electron chi connectivity index (χ2n) is 6.40. The summed E-state index contributed by atoms with van der Waals surface area (Å²) in [4.78, 5) is 0. The van der Waals surface area contributed by atoms with Crippen LogP contribution >= 0.6 is 15.9 Å². The Morgan fingerprint density at radius 1 is 1.38 bits per heavy atom. The molecule has 1 aromatic carbocycles. The van der Waals surface area contributed by atoms with Crippen LogP contribution in [0.5, 0.6) is 5.75 Å². The highest BCUT2D eigenvalue weighted by molar-refractivity contribution is 9.10. The lowest BCUT2D eigenvalue weighted by Crippen LogP contribution is -2.40. The number of hydrogen-bond acceptors (Lipinski definition) is 3. The van der Waals surface area contributed by atoms with E-state index in [1.807, 2.05) is 12.1 Å². The molecule has 1 saturated carbocycles. The maximum atomic E-state index is 6.60. The summed E-state index contributed by atoms with van der Waals surface area (Å²) in [6.45, 7) is 0.844. The van der Waals surface area contributed by atoms with E-state index in [2.05, 4.69) is 22.0 Å². The van der Waals surface area contributed by atoms with Gasteiger partial charge in [0.15, 0.2) is 0 Å². The van der Waals surface area contributed by atoms with E-state index < -0.39 is 0 Å². The van der Waals surface area contributed by atoms with Gasteiger partial charge in [0.05, 0.1) is 12.7 Å². The molecule has 2 aliphatic rings. The molecule has 2 N–H and O–H groups in total. The molecule has 1 aromatic rings. The topological polar surface area (TPSA) is 44.5 Å². The Hall–Kier alpha value is -0.580. The van der Waals surface area contributed by atoms with Crippen molar-refractivity contribution < 1.29 is 9.47 Å². The van der Waals surface area contributed by atoms with E-state index in [9.17, 15) is 0 Å². The van der Waals surface area contributed by atoms with Crippen LogP contribution in [0.3, 0.4) is 0 Å². The predicted molar refractivity (Wildman–Crippen MR) is 87.5 cm³/mol. The molecule has 4 heteroatoms. The molecule has 2 unspecified atom stereocenters. The van der Waals surface area contributed by atoms with E-state index in [-0.39, 0.29) is 11.6 Å². The van der Waals surface area contributed by atoms with E-state index >= 15 is 0 Å². The maximum Gasteiger partial charge on any atom is 0.124 e. The molecule has 3 rings (SSSR count). The van der Waals surface area contributed by atoms with Crippen LogP contribution in [-0.4, -0.2) is 19.3 Å². The van der Waals surface area contributed by atoms with Crippen LogP contribution in [-0.2, 0) is 4.74 Å². The number of nitrogens with two attached hydrogens (primary N) is 1. The van der Waals surface area contributed by atoms with E-state index in [1.165, 1.54) is 25.7 Å². The smallest absolute Gasteiger partial charge is 0.124 e. The fourth-order valence-electron chi connectivity index (χ4n) is 3.95. The number of benzene rings is 1. The van der Waals surface area contributed by atoms with Gasteiger partial charge < -0.3 is 15.2 Å². The van der Waals surface area contributed by atoms with Crippen LogP contribution in [0.25, 0.3) is 0 Å². The van der Waals surface area contributed by atoms with Crippen molar-refractivity contribution in [3.05, 3.63) is 28.2 Å². The molecule has 2 fully saturated rings. The standard InChI is InChI=1S/C17H24BrNO2/c1-20-15-10-13(18)4-5-14(15)16(19)12-6-9-21-17(11-12)7-2-3-8-17/h4-5,10,12,16H,2-3,6-9,11,19H2,1H3. The molecule has 1 heterocycles. The molecule has 0 bridgehead atoms. The van der Waals surface area contributed by atoms with Gasteiger partial charge in [-0.2, -0.15) is 0 Å². The Bertz CT molecular complexity index is 500. The molecule has 116 valence electrons. The van der Waals surface area contributed by atoms with Crippen molar-refractivity contribution >= 4 is 15.9 Å². The average Bonchev–Trinajstić information content (AvgIpc) is 2.94. The van der Waals surface area contributed by atoms with Crippen LogP contribution in [0, 0.1) is 5.92 Å². The van der Waals surface area contributed by atoms with Crippen LogP contribution < -0.4 is 10.5 Å². The van der Waals surface area contributed by atoms with E-state index in [0.29, 0.717) is 5.92 Å². The van der Waals surface area contributed by atoms with Gasteiger partial charge in [-0.25, -0.2) is 0 Å². The third kappa shape index (κ3) is 3.13. The molecule has 2 atom stereocenters. The minimum Gasteiger partial charge on any atom is -0.496 e. The molecule has 0 aromatic heterocycles. The summed E-state index contributed by atoms with van der Waals surface area (Å²) < 4.78 is 12.7. The second kappa shape index (κ2) is 6.27. The summed E-state index contributed by atoms with van der Waals surface area (Å²) in [7, 11) is 1.71. The van der Waals surface area contributed by atoms with Gasteiger partial charge in [0.25, 0.3) is 0 Å². The van der Waals surface area contributed by atoms with Crippen molar-refractivity contribution in [2.24, 2.45) is 11.7 Å². The number of methoxy groups -OCH3 is 1. The summed E-state index contributed by atoms with van der Waals surface area (Å²) >= 11 is 3.49. The van der Waals surface area contributed by atoms with Crippen molar-refractivity contribution in [3.8, 4) is 5.75 Å². The van der Waals surface area contributed by atoms with Gasteiger partial charge in [-0.3, -0.25) is 0 Å². The molecule has 0 radical (unpaired) electrons. The van der Waals surface area contributed by atoms with Gasteiger partial charge in [-0.1, -0.05) is 34.8 Å². The van der Waals surface area contributed by atoms with Gasteiger partial charge in [-0.05, 0) is 43.7 Å². The largest absolute Gasteiger partial charge is 0.496 e. The quantitative estimate of drug-likeness (QED) is 0.885. The van der Waals surface area contributed by atoms with Gasteiger partial charge in [0.2, 0.25) is 0 Å². The van der Waals surface area contributed by atoms with E-state index in [0.717, 1.165) is 35.2 Å². The van der Waals surface area contributed by atoms with Crippen LogP contribution in [0.4, 0.5) is 0 Å². The first-order valence-corrected chi connectivity index (χ1v) is 8.66. The molecule has 1 saturated heterocycles. The zero-order valence-corrected chi connectivity index (χ0v) is 14.2. The summed E-state index contributed by atoms with van der Waals surface area (Å²) in [5, 5.41) is 0. The summed E-state index contributed by atoms with van der Waals surface area (Å²) in [6.07, 6.45) is 7.13. The fourth-order valence-corrected chi connectivity index (χ4v) is 4.29. The minimum absolute atomic E-state index is 0.0226. The molecule has 3 nitrogen and oxygen atoms in total. The van der Waals surface area contributed by atoms with Crippen molar-refractivity contribution in [2.45, 2.75) is 50.2 Å². The predicted octanol–water partition coefficient (Wildman–Crippen LogP) is 4.20. The Morgan fingerprint density at radius 3 is 2.86 bits per heavy atom. The van der Waals surface area contributed by atoms with Crippen molar-refractivity contribution in [2.75, 3.05) is 13.7 Å². The minimum atomic E-state index is 0.0226. The molecule has 1 aliphatic heterocycles. The lowest BCUT2D eigenvalue weighted by Gasteiger charge is -2.40. The Kier molecular flexibility index (Phi) is 4.57. The second-order valence-corrected chi connectivity index (χ2v) is 7.32. The van der Waals surface area contributed by atoms with Crippen molar-refractivity contribution in [1.29, 1.82) is 0 Å². The van der Waals surface area contributed by atoms with Crippen molar-refractivity contribution in [1.82, 2.24) is 0 Å². The first kappa shape index (κ1) is 15.3. The van der Waals surface area contributed by atoms with E-state index in [1.54, 1.807) is 7.11 Å². The van der Waals surface area contributed by atoms with Gasteiger partial charge in [0.1, 0.15) is 5.75 Å². The SMILES string of the molecule is COc1cc(Br)ccc1C(N)C1CCOC2(CCCC2)C1. The van der Waals surface area contributed by atoms with Crippen LogP contribution in [0.15, 0.2) is 22.7 Å². The average molecular weight is 354 g/mol. The molecule has 1 spiro atoms. The lowest BCUT2D eigenvalue weighted by molar-refractivity contribution is -0.0964. The molecule has 1 aliphatic carbocycles. The summed E-state index contributed by atoms with van der Waals surface area (Å²) in [5.41, 5.74) is 7.82. The number of hydrogen-bond donors (Lipinski definition) is 1. The third-order valence-electron chi connectivity index (χ3n) is 5.11. The van der Waals surface area contributed by atoms with Crippen LogP contribution in [0.1, 0.15) is 50.1 Å². The van der Waals surface area contributed by atoms with Gasteiger partial charge in [0, 0.05) is 22.7 Å². The number of rotatable bonds is 3. The molecule has 0 amide bonds. The Labute approximate surface area is 135 Å². The Balaban J connectivity index is 1.79. The van der Waals surface area contributed by atoms with Gasteiger partial charge >= 0.3 is 0 Å². The molecule has 21 heavy (non-hydrogen) atoms. The van der Waals surface area contributed by atoms with Crippen molar-refractivity contribution in [3.63, 3.8) is 0 Å². The Morgan fingerprint density at radius 2 is 2.14 bits per heavy atom. The van der Waals surface area contributed by atoms with E-state index in [4.69, 9.17) is 15.2 Å². The highest BCUT2D eigenvalue weighted by Gasteiger charge is 2.41. The first-order chi connectivity index (χ1) is 10.1. The highest BCUT2D eigenvalue weighted by atomic mass is 79.9. The first-order valence-electron chi connectivity index (χ1n) is 7.86. The number of halogens is 1.